The first-order chi connectivity index (χ1) is 9.81. The Bertz CT molecular complexity index is 515. The van der Waals surface area contributed by atoms with E-state index in [2.05, 4.69) is 14.8 Å². The molecule has 0 saturated carbocycles. The molecule has 3 heterocycles. The van der Waals surface area contributed by atoms with E-state index in [-0.39, 0.29) is 0 Å². The Morgan fingerprint density at radius 3 is 2.65 bits per heavy atom. The van der Waals surface area contributed by atoms with Gasteiger partial charge >= 0.3 is 0 Å². The summed E-state index contributed by atoms with van der Waals surface area (Å²) in [6.07, 6.45) is 4.44. The lowest BCUT2D eigenvalue weighted by molar-refractivity contribution is 0.255. The second-order valence-electron chi connectivity index (χ2n) is 5.11. The molecule has 20 heavy (non-hydrogen) atoms. The van der Waals surface area contributed by atoms with Gasteiger partial charge in [0.15, 0.2) is 0 Å². The zero-order valence-electron chi connectivity index (χ0n) is 11.5. The highest BCUT2D eigenvalue weighted by Crippen LogP contribution is 2.15. The highest BCUT2D eigenvalue weighted by Gasteiger charge is 2.17. The van der Waals surface area contributed by atoms with Crippen LogP contribution in [0.25, 0.3) is 0 Å². The van der Waals surface area contributed by atoms with Gasteiger partial charge in [0, 0.05) is 39.1 Å². The molecule has 2 aromatic heterocycles. The van der Waals surface area contributed by atoms with Crippen LogP contribution in [0.4, 0.5) is 11.5 Å². The Morgan fingerprint density at radius 2 is 2.00 bits per heavy atom. The second kappa shape index (κ2) is 5.96. The van der Waals surface area contributed by atoms with Gasteiger partial charge in [0.1, 0.15) is 11.6 Å². The molecule has 0 aliphatic carbocycles. The maximum Gasteiger partial charge on any atom is 0.128 e. The minimum Gasteiger partial charge on any atom is -0.469 e. The molecule has 2 aromatic rings. The summed E-state index contributed by atoms with van der Waals surface area (Å²) in [5.74, 6) is 2.08. The van der Waals surface area contributed by atoms with Crippen molar-refractivity contribution in [2.75, 3.05) is 43.4 Å². The van der Waals surface area contributed by atoms with Crippen LogP contribution in [-0.2, 0) is 6.42 Å². The van der Waals surface area contributed by atoms with Gasteiger partial charge in [-0.2, -0.15) is 0 Å². The molecule has 1 aliphatic heterocycles. The summed E-state index contributed by atoms with van der Waals surface area (Å²) in [5, 5.41) is 0. The van der Waals surface area contributed by atoms with Gasteiger partial charge in [0.2, 0.25) is 0 Å². The molecule has 1 aliphatic rings. The molecule has 0 aromatic carbocycles. The van der Waals surface area contributed by atoms with Crippen molar-refractivity contribution in [3.63, 3.8) is 0 Å². The average molecular weight is 272 g/mol. The van der Waals surface area contributed by atoms with Crippen molar-refractivity contribution < 1.29 is 4.42 Å². The summed E-state index contributed by atoms with van der Waals surface area (Å²) in [4.78, 5) is 9.16. The van der Waals surface area contributed by atoms with Crippen molar-refractivity contribution in [1.82, 2.24) is 9.88 Å². The van der Waals surface area contributed by atoms with Crippen LogP contribution in [0.1, 0.15) is 5.76 Å². The van der Waals surface area contributed by atoms with Crippen LogP contribution in [0, 0.1) is 0 Å². The first kappa shape index (κ1) is 13.0. The number of nitrogens with two attached hydrogens (primary N) is 1. The fourth-order valence-electron chi connectivity index (χ4n) is 2.51. The third-order valence-corrected chi connectivity index (χ3v) is 3.72. The lowest BCUT2D eigenvalue weighted by Crippen LogP contribution is -2.47. The third-order valence-electron chi connectivity index (χ3n) is 3.72. The SMILES string of the molecule is Nc1ccc(N2CCN(CCc3ccco3)CC2)nc1. The Balaban J connectivity index is 1.48. The lowest BCUT2D eigenvalue weighted by atomic mass is 10.2. The van der Waals surface area contributed by atoms with Gasteiger partial charge in [-0.05, 0) is 24.3 Å². The first-order valence-electron chi connectivity index (χ1n) is 7.02. The zero-order chi connectivity index (χ0) is 13.8. The number of hydrogen-bond donors (Lipinski definition) is 1. The van der Waals surface area contributed by atoms with Gasteiger partial charge in [0.05, 0.1) is 18.1 Å². The fraction of sp³-hybridized carbons (Fsp3) is 0.400. The minimum absolute atomic E-state index is 0.714. The minimum atomic E-state index is 0.714. The number of rotatable bonds is 4. The van der Waals surface area contributed by atoms with E-state index in [0.717, 1.165) is 50.7 Å². The normalized spacial score (nSPS) is 16.5. The Labute approximate surface area is 119 Å². The molecular formula is C15H20N4O. The summed E-state index contributed by atoms with van der Waals surface area (Å²) < 4.78 is 5.37. The van der Waals surface area contributed by atoms with E-state index >= 15 is 0 Å². The molecule has 0 spiro atoms. The summed E-state index contributed by atoms with van der Waals surface area (Å²) in [7, 11) is 0. The summed E-state index contributed by atoms with van der Waals surface area (Å²) in [6, 6.07) is 7.88. The summed E-state index contributed by atoms with van der Waals surface area (Å²) in [6.45, 7) is 5.19. The molecule has 2 N–H and O–H groups in total. The van der Waals surface area contributed by atoms with Crippen molar-refractivity contribution in [3.8, 4) is 0 Å². The fourth-order valence-corrected chi connectivity index (χ4v) is 2.51. The van der Waals surface area contributed by atoms with Crippen molar-refractivity contribution in [1.29, 1.82) is 0 Å². The maximum absolute atomic E-state index is 5.67. The third kappa shape index (κ3) is 3.11. The number of piperazine rings is 1. The molecule has 1 fully saturated rings. The van der Waals surface area contributed by atoms with E-state index < -0.39 is 0 Å². The monoisotopic (exact) mass is 272 g/mol. The van der Waals surface area contributed by atoms with Crippen LogP contribution in [0.3, 0.4) is 0 Å². The van der Waals surface area contributed by atoms with Crippen molar-refractivity contribution >= 4 is 11.5 Å². The van der Waals surface area contributed by atoms with Crippen molar-refractivity contribution in [2.24, 2.45) is 0 Å². The van der Waals surface area contributed by atoms with Crippen LogP contribution in [0.5, 0.6) is 0 Å². The largest absolute Gasteiger partial charge is 0.469 e. The number of anilines is 2. The Hall–Kier alpha value is -2.01. The van der Waals surface area contributed by atoms with Crippen molar-refractivity contribution in [2.45, 2.75) is 6.42 Å². The number of furan rings is 1. The summed E-state index contributed by atoms with van der Waals surface area (Å²) >= 11 is 0. The zero-order valence-corrected chi connectivity index (χ0v) is 11.5. The Morgan fingerprint density at radius 1 is 1.15 bits per heavy atom. The van der Waals surface area contributed by atoms with E-state index in [1.54, 1.807) is 12.5 Å². The van der Waals surface area contributed by atoms with E-state index in [0.29, 0.717) is 5.69 Å². The predicted molar refractivity (Wildman–Crippen MR) is 79.7 cm³/mol. The van der Waals surface area contributed by atoms with Gasteiger partial charge in [0.25, 0.3) is 0 Å². The van der Waals surface area contributed by atoms with Gasteiger partial charge in [-0.15, -0.1) is 0 Å². The molecule has 3 rings (SSSR count). The quantitative estimate of drug-likeness (QED) is 0.916. The molecule has 0 bridgehead atoms. The van der Waals surface area contributed by atoms with Crippen LogP contribution < -0.4 is 10.6 Å². The van der Waals surface area contributed by atoms with E-state index in [1.807, 2.05) is 24.3 Å². The molecule has 0 radical (unpaired) electrons. The standard InChI is InChI=1S/C15H20N4O/c16-13-3-4-15(17-12-13)19-9-7-18(8-10-19)6-5-14-2-1-11-20-14/h1-4,11-12H,5-10,16H2. The lowest BCUT2D eigenvalue weighted by Gasteiger charge is -2.35. The molecular weight excluding hydrogens is 252 g/mol. The van der Waals surface area contributed by atoms with Crippen LogP contribution in [0.15, 0.2) is 41.1 Å². The van der Waals surface area contributed by atoms with Crippen LogP contribution in [0.2, 0.25) is 0 Å². The average Bonchev–Trinajstić information content (AvgIpc) is 3.00. The smallest absolute Gasteiger partial charge is 0.128 e. The Kier molecular flexibility index (Phi) is 3.87. The van der Waals surface area contributed by atoms with E-state index in [4.69, 9.17) is 10.2 Å². The van der Waals surface area contributed by atoms with Crippen LogP contribution in [-0.4, -0.2) is 42.6 Å². The van der Waals surface area contributed by atoms with Crippen molar-refractivity contribution in [3.05, 3.63) is 42.5 Å². The molecule has 5 nitrogen and oxygen atoms in total. The molecule has 106 valence electrons. The van der Waals surface area contributed by atoms with Gasteiger partial charge < -0.3 is 15.1 Å². The summed E-state index contributed by atoms with van der Waals surface area (Å²) in [5.41, 5.74) is 6.38. The van der Waals surface area contributed by atoms with Gasteiger partial charge in [-0.3, -0.25) is 4.90 Å². The maximum atomic E-state index is 5.67. The topological polar surface area (TPSA) is 58.5 Å². The van der Waals surface area contributed by atoms with E-state index in [9.17, 15) is 0 Å². The second-order valence-corrected chi connectivity index (χ2v) is 5.11. The highest BCUT2D eigenvalue weighted by molar-refractivity contribution is 5.46. The van der Waals surface area contributed by atoms with Gasteiger partial charge in [-0.1, -0.05) is 0 Å². The molecule has 0 unspecified atom stereocenters. The number of aromatic nitrogens is 1. The van der Waals surface area contributed by atoms with Gasteiger partial charge in [-0.25, -0.2) is 4.98 Å². The number of nitrogens with zero attached hydrogens (tertiary/aromatic N) is 3. The highest BCUT2D eigenvalue weighted by atomic mass is 16.3. The molecule has 0 atom stereocenters. The molecule has 0 amide bonds. The number of hydrogen-bond acceptors (Lipinski definition) is 5. The molecule has 5 heteroatoms. The first-order valence-corrected chi connectivity index (χ1v) is 7.02. The number of pyridine rings is 1. The number of nitrogen functional groups attached to an aromatic ring is 1. The van der Waals surface area contributed by atoms with E-state index in [1.165, 1.54) is 0 Å². The molecule has 1 saturated heterocycles. The van der Waals surface area contributed by atoms with Crippen LogP contribution >= 0.6 is 0 Å². The predicted octanol–water partition coefficient (Wildman–Crippen LogP) is 1.62.